The molecule has 0 unspecified atom stereocenters. The summed E-state index contributed by atoms with van der Waals surface area (Å²) in [6.45, 7) is 7.50. The molecule has 1 aliphatic heterocycles. The zero-order chi connectivity index (χ0) is 29.4. The molecule has 2 atom stereocenters. The van der Waals surface area contributed by atoms with E-state index in [0.717, 1.165) is 67.1 Å². The maximum absolute atomic E-state index is 14.0. The summed E-state index contributed by atoms with van der Waals surface area (Å²) in [6.07, 6.45) is 5.35. The fourth-order valence-corrected chi connectivity index (χ4v) is 6.19. The zero-order valence-electron chi connectivity index (χ0n) is 24.5. The molecule has 220 valence electrons. The topological polar surface area (TPSA) is 70.6 Å². The summed E-state index contributed by atoms with van der Waals surface area (Å²) in [6, 6.07) is 13.5. The van der Waals surface area contributed by atoms with Gasteiger partial charge in [0, 0.05) is 38.3 Å². The van der Waals surface area contributed by atoms with Gasteiger partial charge in [-0.1, -0.05) is 38.1 Å². The van der Waals surface area contributed by atoms with Crippen molar-refractivity contribution in [1.82, 2.24) is 38.9 Å². The SMILES string of the molecule is CC[C@H]1CN(C(c2ccc(F)cc2)c2ccc(F)cc2)[C@H](CC)CN1c1nc2nncn2c2c1ncn2CCN(C)C. The highest BCUT2D eigenvalue weighted by molar-refractivity contribution is 5.86. The van der Waals surface area contributed by atoms with E-state index in [9.17, 15) is 8.78 Å². The Morgan fingerprint density at radius 2 is 1.52 bits per heavy atom. The molecule has 0 bridgehead atoms. The predicted octanol–water partition coefficient (Wildman–Crippen LogP) is 4.78. The number of aromatic nitrogens is 6. The first-order valence-corrected chi connectivity index (χ1v) is 14.6. The standard InChI is InChI=1S/C31H37F2N9/c1-5-25-18-41(29-27-30(42-20-35-37-31(42)36-29)39(19-34-27)16-15-38(3)4)26(6-2)17-40(25)28(21-7-11-23(32)12-8-21)22-9-13-24(33)14-10-22/h7-14,19-20,25-26,28H,5-6,15-18H2,1-4H3/t25-,26+/m1/s1. The maximum Gasteiger partial charge on any atom is 0.258 e. The number of likely N-dealkylation sites (N-methyl/N-ethyl adjacent to an activating group) is 1. The van der Waals surface area contributed by atoms with Gasteiger partial charge < -0.3 is 14.4 Å². The Morgan fingerprint density at radius 3 is 2.12 bits per heavy atom. The molecule has 1 aliphatic rings. The molecule has 11 heteroatoms. The van der Waals surface area contributed by atoms with Crippen molar-refractivity contribution in [2.45, 2.75) is 51.4 Å². The van der Waals surface area contributed by atoms with Crippen LogP contribution in [-0.4, -0.2) is 84.7 Å². The van der Waals surface area contributed by atoms with Crippen molar-refractivity contribution in [2.75, 3.05) is 38.6 Å². The van der Waals surface area contributed by atoms with Gasteiger partial charge in [-0.2, -0.15) is 4.98 Å². The van der Waals surface area contributed by atoms with Crippen LogP contribution in [0, 0.1) is 11.6 Å². The molecule has 6 rings (SSSR count). The van der Waals surface area contributed by atoms with E-state index in [0.29, 0.717) is 5.78 Å². The van der Waals surface area contributed by atoms with Crippen molar-refractivity contribution in [2.24, 2.45) is 0 Å². The minimum absolute atomic E-state index is 0.129. The summed E-state index contributed by atoms with van der Waals surface area (Å²) in [5, 5.41) is 8.48. The van der Waals surface area contributed by atoms with E-state index in [4.69, 9.17) is 9.97 Å². The molecule has 0 aliphatic carbocycles. The highest BCUT2D eigenvalue weighted by Crippen LogP contribution is 2.37. The second-order valence-electron chi connectivity index (χ2n) is 11.3. The van der Waals surface area contributed by atoms with Crippen molar-refractivity contribution in [3.63, 3.8) is 0 Å². The summed E-state index contributed by atoms with van der Waals surface area (Å²) in [7, 11) is 4.11. The van der Waals surface area contributed by atoms with Gasteiger partial charge in [0.1, 0.15) is 23.5 Å². The molecule has 9 nitrogen and oxygen atoms in total. The van der Waals surface area contributed by atoms with Gasteiger partial charge in [-0.25, -0.2) is 18.2 Å². The summed E-state index contributed by atoms with van der Waals surface area (Å²) >= 11 is 0. The zero-order valence-corrected chi connectivity index (χ0v) is 24.5. The van der Waals surface area contributed by atoms with Crippen molar-refractivity contribution >= 4 is 22.8 Å². The normalized spacial score (nSPS) is 18.2. The molecule has 1 fully saturated rings. The average Bonchev–Trinajstić information content (AvgIpc) is 3.64. The summed E-state index contributed by atoms with van der Waals surface area (Å²) in [4.78, 5) is 16.9. The van der Waals surface area contributed by atoms with Crippen molar-refractivity contribution < 1.29 is 8.78 Å². The Bertz CT molecular complexity index is 1600. The molecule has 0 saturated carbocycles. The minimum Gasteiger partial charge on any atom is -0.349 e. The van der Waals surface area contributed by atoms with E-state index in [1.165, 1.54) is 24.3 Å². The van der Waals surface area contributed by atoms with E-state index in [-0.39, 0.29) is 29.8 Å². The third-order valence-corrected chi connectivity index (χ3v) is 8.43. The van der Waals surface area contributed by atoms with Gasteiger partial charge in [-0.15, -0.1) is 10.2 Å². The lowest BCUT2D eigenvalue weighted by Gasteiger charge is -2.49. The Kier molecular flexibility index (Phi) is 7.87. The van der Waals surface area contributed by atoms with Gasteiger partial charge in [-0.3, -0.25) is 4.90 Å². The van der Waals surface area contributed by atoms with Crippen LogP contribution < -0.4 is 4.90 Å². The second kappa shape index (κ2) is 11.7. The minimum atomic E-state index is -0.274. The summed E-state index contributed by atoms with van der Waals surface area (Å²) < 4.78 is 32.0. The average molecular weight is 574 g/mol. The quantitative estimate of drug-likeness (QED) is 0.251. The Hall–Kier alpha value is -3.96. The van der Waals surface area contributed by atoms with Crippen LogP contribution in [0.3, 0.4) is 0 Å². The number of fused-ring (bicyclic) bond motifs is 3. The molecule has 0 amide bonds. The molecular formula is C31H37F2N9. The maximum atomic E-state index is 14.0. The summed E-state index contributed by atoms with van der Waals surface area (Å²) in [5.41, 5.74) is 3.73. The van der Waals surface area contributed by atoms with Crippen LogP contribution >= 0.6 is 0 Å². The van der Waals surface area contributed by atoms with Crippen LogP contribution in [0.15, 0.2) is 61.2 Å². The highest BCUT2D eigenvalue weighted by atomic mass is 19.1. The Morgan fingerprint density at radius 1 is 0.881 bits per heavy atom. The number of rotatable bonds is 9. The van der Waals surface area contributed by atoms with Crippen LogP contribution in [0.25, 0.3) is 16.9 Å². The molecule has 4 heterocycles. The largest absolute Gasteiger partial charge is 0.349 e. The van der Waals surface area contributed by atoms with Gasteiger partial charge in [0.15, 0.2) is 11.5 Å². The molecule has 42 heavy (non-hydrogen) atoms. The van der Waals surface area contributed by atoms with E-state index >= 15 is 0 Å². The van der Waals surface area contributed by atoms with E-state index in [2.05, 4.69) is 57.4 Å². The molecule has 0 spiro atoms. The Balaban J connectivity index is 1.41. The fourth-order valence-electron chi connectivity index (χ4n) is 6.19. The van der Waals surface area contributed by atoms with Crippen LogP contribution in [0.5, 0.6) is 0 Å². The highest BCUT2D eigenvalue weighted by Gasteiger charge is 2.39. The van der Waals surface area contributed by atoms with Crippen LogP contribution in [0.1, 0.15) is 43.9 Å². The number of benzene rings is 2. The molecule has 1 saturated heterocycles. The smallest absolute Gasteiger partial charge is 0.258 e. The molecule has 5 aromatic rings. The van der Waals surface area contributed by atoms with Gasteiger partial charge in [-0.05, 0) is 62.3 Å². The summed E-state index contributed by atoms with van der Waals surface area (Å²) in [5.74, 6) is 0.817. The first-order valence-electron chi connectivity index (χ1n) is 14.6. The van der Waals surface area contributed by atoms with Crippen LogP contribution in [-0.2, 0) is 6.54 Å². The van der Waals surface area contributed by atoms with Gasteiger partial charge >= 0.3 is 0 Å². The van der Waals surface area contributed by atoms with Crippen molar-refractivity contribution in [1.29, 1.82) is 0 Å². The van der Waals surface area contributed by atoms with E-state index in [1.54, 1.807) is 6.33 Å². The van der Waals surface area contributed by atoms with Crippen molar-refractivity contribution in [3.8, 4) is 0 Å². The molecule has 3 aromatic heterocycles. The number of anilines is 1. The lowest BCUT2D eigenvalue weighted by molar-refractivity contribution is 0.110. The van der Waals surface area contributed by atoms with Crippen LogP contribution in [0.4, 0.5) is 14.6 Å². The van der Waals surface area contributed by atoms with E-state index in [1.807, 2.05) is 35.0 Å². The third kappa shape index (κ3) is 5.22. The number of hydrogen-bond donors (Lipinski definition) is 0. The van der Waals surface area contributed by atoms with Crippen LogP contribution in [0.2, 0.25) is 0 Å². The molecule has 0 N–H and O–H groups in total. The molecule has 0 radical (unpaired) electrons. The first kappa shape index (κ1) is 28.2. The predicted molar refractivity (Wildman–Crippen MR) is 159 cm³/mol. The van der Waals surface area contributed by atoms with Gasteiger partial charge in [0.25, 0.3) is 5.78 Å². The first-order chi connectivity index (χ1) is 20.4. The number of hydrogen-bond acceptors (Lipinski definition) is 7. The monoisotopic (exact) mass is 573 g/mol. The van der Waals surface area contributed by atoms with Gasteiger partial charge in [0.2, 0.25) is 0 Å². The lowest BCUT2D eigenvalue weighted by atomic mass is 9.91. The second-order valence-corrected chi connectivity index (χ2v) is 11.3. The fraction of sp³-hybridized carbons (Fsp3) is 0.419. The van der Waals surface area contributed by atoms with Crippen molar-refractivity contribution in [3.05, 3.63) is 83.9 Å². The number of nitrogens with zero attached hydrogens (tertiary/aromatic N) is 9. The molecular weight excluding hydrogens is 536 g/mol. The van der Waals surface area contributed by atoms with E-state index < -0.39 is 0 Å². The number of halogens is 2. The molecule has 2 aromatic carbocycles. The number of imidazole rings is 1. The number of piperazine rings is 1. The lowest BCUT2D eigenvalue weighted by Crippen LogP contribution is -2.59. The van der Waals surface area contributed by atoms with Gasteiger partial charge in [0.05, 0.1) is 12.4 Å². The Labute approximate surface area is 244 Å². The third-order valence-electron chi connectivity index (χ3n) is 8.43.